The molecule has 0 saturated heterocycles. The van der Waals surface area contributed by atoms with E-state index in [2.05, 4.69) is 40.1 Å². The summed E-state index contributed by atoms with van der Waals surface area (Å²) in [5, 5.41) is 18.6. The van der Waals surface area contributed by atoms with Gasteiger partial charge < -0.3 is 15.7 Å². The molecule has 3 N–H and O–H groups in total. The lowest BCUT2D eigenvalue weighted by molar-refractivity contribution is 0.136. The van der Waals surface area contributed by atoms with E-state index in [0.717, 1.165) is 51.3 Å². The van der Waals surface area contributed by atoms with Crippen LogP contribution in [0.25, 0.3) is 0 Å². The van der Waals surface area contributed by atoms with Crippen LogP contribution in [0.15, 0.2) is 22.5 Å². The quantitative estimate of drug-likeness (QED) is 0.375. The number of rotatable bonds is 6. The summed E-state index contributed by atoms with van der Waals surface area (Å²) in [4.78, 5) is 5.99. The summed E-state index contributed by atoms with van der Waals surface area (Å²) in [7, 11) is 0. The van der Waals surface area contributed by atoms with Gasteiger partial charge in [0.05, 0.1) is 6.10 Å². The molecule has 1 aliphatic rings. The van der Waals surface area contributed by atoms with Crippen molar-refractivity contribution in [2.75, 3.05) is 19.6 Å². The summed E-state index contributed by atoms with van der Waals surface area (Å²) < 4.78 is 0. The van der Waals surface area contributed by atoms with Crippen molar-refractivity contribution in [1.29, 1.82) is 0 Å². The summed E-state index contributed by atoms with van der Waals surface area (Å²) in [6.45, 7) is 4.54. The third kappa shape index (κ3) is 6.52. The third-order valence-corrected chi connectivity index (χ3v) is 4.63. The zero-order valence-electron chi connectivity index (χ0n) is 12.5. The molecular weight excluding hydrogens is 397 g/mol. The van der Waals surface area contributed by atoms with Crippen molar-refractivity contribution in [3.05, 3.63) is 22.4 Å². The molecule has 2 atom stereocenters. The van der Waals surface area contributed by atoms with Crippen LogP contribution in [-0.4, -0.2) is 36.8 Å². The number of nitrogens with one attached hydrogen (secondary N) is 2. The van der Waals surface area contributed by atoms with Crippen molar-refractivity contribution >= 4 is 41.3 Å². The topological polar surface area (TPSA) is 56.7 Å². The molecule has 1 heterocycles. The molecule has 1 aromatic rings. The number of nitrogens with zero attached hydrogens (tertiary/aromatic N) is 1. The number of aliphatic hydroxyl groups excluding tert-OH is 1. The number of aliphatic imine (C=N–C) groups is 1. The van der Waals surface area contributed by atoms with Gasteiger partial charge in [-0.05, 0) is 37.6 Å². The Kier molecular flexibility index (Phi) is 9.26. The molecule has 0 aromatic carbocycles. The number of thiophene rings is 1. The largest absolute Gasteiger partial charge is 0.393 e. The Bertz CT molecular complexity index is 411. The van der Waals surface area contributed by atoms with Gasteiger partial charge in [-0.15, -0.1) is 35.3 Å². The lowest BCUT2D eigenvalue weighted by Gasteiger charge is -2.14. The maximum atomic E-state index is 9.82. The fourth-order valence-electron chi connectivity index (χ4n) is 2.54. The highest BCUT2D eigenvalue weighted by atomic mass is 127. The SMILES string of the molecule is CCNC(=NCC1CCCC1O)NCCc1cccs1.I. The molecule has 1 fully saturated rings. The number of guanidine groups is 1. The molecule has 1 aliphatic carbocycles. The first-order valence-electron chi connectivity index (χ1n) is 7.52. The van der Waals surface area contributed by atoms with Crippen molar-refractivity contribution in [2.45, 2.75) is 38.7 Å². The van der Waals surface area contributed by atoms with E-state index in [9.17, 15) is 5.11 Å². The van der Waals surface area contributed by atoms with Crippen LogP contribution in [0.1, 0.15) is 31.1 Å². The van der Waals surface area contributed by atoms with E-state index in [-0.39, 0.29) is 30.1 Å². The highest BCUT2D eigenvalue weighted by molar-refractivity contribution is 14.0. The fourth-order valence-corrected chi connectivity index (χ4v) is 3.25. The molecule has 2 rings (SSSR count). The van der Waals surface area contributed by atoms with Crippen molar-refractivity contribution in [1.82, 2.24) is 10.6 Å². The molecule has 120 valence electrons. The number of hydrogen-bond acceptors (Lipinski definition) is 3. The summed E-state index contributed by atoms with van der Waals surface area (Å²) in [6, 6.07) is 4.24. The van der Waals surface area contributed by atoms with Crippen LogP contribution in [0.2, 0.25) is 0 Å². The van der Waals surface area contributed by atoms with Gasteiger partial charge in [0.25, 0.3) is 0 Å². The van der Waals surface area contributed by atoms with Crippen molar-refractivity contribution < 1.29 is 5.11 Å². The average molecular weight is 423 g/mol. The van der Waals surface area contributed by atoms with Gasteiger partial charge >= 0.3 is 0 Å². The Balaban J connectivity index is 0.00000220. The van der Waals surface area contributed by atoms with Crippen LogP contribution in [0.4, 0.5) is 0 Å². The molecule has 0 radical (unpaired) electrons. The third-order valence-electron chi connectivity index (χ3n) is 3.69. The minimum Gasteiger partial charge on any atom is -0.393 e. The lowest BCUT2D eigenvalue weighted by atomic mass is 10.1. The summed E-state index contributed by atoms with van der Waals surface area (Å²) in [6.07, 6.45) is 4.02. The van der Waals surface area contributed by atoms with Crippen LogP contribution in [-0.2, 0) is 6.42 Å². The van der Waals surface area contributed by atoms with Gasteiger partial charge in [-0.1, -0.05) is 12.5 Å². The van der Waals surface area contributed by atoms with Crippen LogP contribution in [0.3, 0.4) is 0 Å². The first-order chi connectivity index (χ1) is 9.79. The molecule has 1 saturated carbocycles. The smallest absolute Gasteiger partial charge is 0.191 e. The molecule has 0 bridgehead atoms. The van der Waals surface area contributed by atoms with Gasteiger partial charge in [0.15, 0.2) is 5.96 Å². The zero-order valence-corrected chi connectivity index (χ0v) is 15.7. The van der Waals surface area contributed by atoms with Gasteiger partial charge in [0.1, 0.15) is 0 Å². The predicted molar refractivity (Wildman–Crippen MR) is 101 cm³/mol. The first kappa shape index (κ1) is 18.7. The lowest BCUT2D eigenvalue weighted by Crippen LogP contribution is -2.38. The van der Waals surface area contributed by atoms with Gasteiger partial charge in [-0.2, -0.15) is 0 Å². The van der Waals surface area contributed by atoms with Crippen LogP contribution >= 0.6 is 35.3 Å². The number of aliphatic hydroxyl groups is 1. The monoisotopic (exact) mass is 423 g/mol. The summed E-state index contributed by atoms with van der Waals surface area (Å²) >= 11 is 1.79. The Morgan fingerprint density at radius 3 is 2.90 bits per heavy atom. The Morgan fingerprint density at radius 2 is 2.29 bits per heavy atom. The van der Waals surface area contributed by atoms with Crippen molar-refractivity contribution in [3.63, 3.8) is 0 Å². The Hall–Kier alpha value is -0.340. The molecule has 4 nitrogen and oxygen atoms in total. The average Bonchev–Trinajstić information content (AvgIpc) is 3.08. The summed E-state index contributed by atoms with van der Waals surface area (Å²) in [5.41, 5.74) is 0. The normalized spacial score (nSPS) is 21.9. The molecular formula is C15H26IN3OS. The Labute approximate surface area is 148 Å². The highest BCUT2D eigenvalue weighted by Gasteiger charge is 2.24. The molecule has 1 aromatic heterocycles. The van der Waals surface area contributed by atoms with Crippen LogP contribution in [0.5, 0.6) is 0 Å². The fraction of sp³-hybridized carbons (Fsp3) is 0.667. The standard InChI is InChI=1S/C15H25N3OS.HI/c1-2-16-15(17-9-8-13-6-4-10-20-13)18-11-12-5-3-7-14(12)19;/h4,6,10,12,14,19H,2-3,5,7-9,11H2,1H3,(H2,16,17,18);1H. The summed E-state index contributed by atoms with van der Waals surface area (Å²) in [5.74, 6) is 1.20. The minimum absolute atomic E-state index is 0. The second kappa shape index (κ2) is 10.4. The maximum absolute atomic E-state index is 9.82. The number of hydrogen-bond donors (Lipinski definition) is 3. The number of halogens is 1. The first-order valence-corrected chi connectivity index (χ1v) is 8.40. The van der Waals surface area contributed by atoms with E-state index < -0.39 is 0 Å². The van der Waals surface area contributed by atoms with Gasteiger partial charge in [0, 0.05) is 30.4 Å². The van der Waals surface area contributed by atoms with Gasteiger partial charge in [0.2, 0.25) is 0 Å². The van der Waals surface area contributed by atoms with Crippen molar-refractivity contribution in [3.8, 4) is 0 Å². The maximum Gasteiger partial charge on any atom is 0.191 e. The molecule has 2 unspecified atom stereocenters. The van der Waals surface area contributed by atoms with Crippen LogP contribution < -0.4 is 10.6 Å². The second-order valence-corrected chi connectivity index (χ2v) is 6.27. The Morgan fingerprint density at radius 1 is 1.43 bits per heavy atom. The zero-order chi connectivity index (χ0) is 14.2. The molecule has 6 heteroatoms. The van der Waals surface area contributed by atoms with Crippen LogP contribution in [0, 0.1) is 5.92 Å². The molecule has 0 amide bonds. The van der Waals surface area contributed by atoms with E-state index in [1.165, 1.54) is 4.88 Å². The van der Waals surface area contributed by atoms with E-state index >= 15 is 0 Å². The second-order valence-electron chi connectivity index (χ2n) is 5.23. The van der Waals surface area contributed by atoms with E-state index in [4.69, 9.17) is 0 Å². The van der Waals surface area contributed by atoms with Gasteiger partial charge in [-0.25, -0.2) is 0 Å². The van der Waals surface area contributed by atoms with E-state index in [0.29, 0.717) is 5.92 Å². The van der Waals surface area contributed by atoms with E-state index in [1.54, 1.807) is 11.3 Å². The molecule has 0 aliphatic heterocycles. The van der Waals surface area contributed by atoms with E-state index in [1.807, 2.05) is 0 Å². The highest BCUT2D eigenvalue weighted by Crippen LogP contribution is 2.25. The minimum atomic E-state index is -0.159. The predicted octanol–water partition coefficient (Wildman–Crippen LogP) is 2.62. The molecule has 21 heavy (non-hydrogen) atoms. The van der Waals surface area contributed by atoms with Crippen molar-refractivity contribution in [2.24, 2.45) is 10.9 Å². The molecule has 0 spiro atoms. The van der Waals surface area contributed by atoms with Gasteiger partial charge in [-0.3, -0.25) is 4.99 Å².